The Morgan fingerprint density at radius 2 is 2.10 bits per heavy atom. The summed E-state index contributed by atoms with van der Waals surface area (Å²) in [5.41, 5.74) is 2.07. The molecule has 0 amide bonds. The molecule has 3 rings (SSSR count). The number of para-hydroxylation sites is 1. The van der Waals surface area contributed by atoms with Crippen molar-refractivity contribution in [3.05, 3.63) is 67.8 Å². The van der Waals surface area contributed by atoms with E-state index < -0.39 is 5.82 Å². The molecule has 1 N–H and O–H groups in total. The molecule has 20 heavy (non-hydrogen) atoms. The molecule has 0 unspecified atom stereocenters. The quantitative estimate of drug-likeness (QED) is 0.743. The molecule has 0 aliphatic rings. The third-order valence-electron chi connectivity index (χ3n) is 3.08. The van der Waals surface area contributed by atoms with Crippen molar-refractivity contribution in [2.24, 2.45) is 0 Å². The SMILES string of the molecule is O=c1[nH]c2c(Br)cccc2n1Cc1ccc(F)c(Cl)c1. The topological polar surface area (TPSA) is 37.8 Å². The van der Waals surface area contributed by atoms with Crippen LogP contribution in [0.25, 0.3) is 11.0 Å². The highest BCUT2D eigenvalue weighted by Crippen LogP contribution is 2.22. The maximum Gasteiger partial charge on any atom is 0.326 e. The van der Waals surface area contributed by atoms with Crippen LogP contribution < -0.4 is 5.69 Å². The summed E-state index contributed by atoms with van der Waals surface area (Å²) < 4.78 is 15.6. The van der Waals surface area contributed by atoms with E-state index in [1.165, 1.54) is 12.1 Å². The molecule has 1 heterocycles. The number of rotatable bonds is 2. The standard InChI is InChI=1S/C14H9BrClFN2O/c15-9-2-1-3-12-13(9)18-14(20)19(12)7-8-4-5-11(17)10(16)6-8/h1-6H,7H2,(H,18,20). The van der Waals surface area contributed by atoms with Gasteiger partial charge in [-0.1, -0.05) is 23.7 Å². The highest BCUT2D eigenvalue weighted by Gasteiger charge is 2.10. The van der Waals surface area contributed by atoms with Gasteiger partial charge in [0.25, 0.3) is 0 Å². The van der Waals surface area contributed by atoms with E-state index >= 15 is 0 Å². The van der Waals surface area contributed by atoms with Crippen molar-refractivity contribution < 1.29 is 4.39 Å². The van der Waals surface area contributed by atoms with Gasteiger partial charge in [0, 0.05) is 4.47 Å². The van der Waals surface area contributed by atoms with E-state index in [1.54, 1.807) is 10.6 Å². The Labute approximate surface area is 127 Å². The van der Waals surface area contributed by atoms with Crippen LogP contribution >= 0.6 is 27.5 Å². The van der Waals surface area contributed by atoms with E-state index in [0.717, 1.165) is 21.1 Å². The van der Waals surface area contributed by atoms with E-state index in [4.69, 9.17) is 11.6 Å². The Hall–Kier alpha value is -1.59. The highest BCUT2D eigenvalue weighted by molar-refractivity contribution is 9.10. The number of halogens is 3. The number of H-pyrrole nitrogens is 1. The fourth-order valence-corrected chi connectivity index (χ4v) is 2.78. The van der Waals surface area contributed by atoms with Crippen LogP contribution in [0.3, 0.4) is 0 Å². The largest absolute Gasteiger partial charge is 0.326 e. The molecule has 0 fully saturated rings. The summed E-state index contributed by atoms with van der Waals surface area (Å²) >= 11 is 9.16. The van der Waals surface area contributed by atoms with Gasteiger partial charge in [-0.05, 0) is 45.8 Å². The Morgan fingerprint density at radius 1 is 1.30 bits per heavy atom. The van der Waals surface area contributed by atoms with Crippen LogP contribution in [-0.2, 0) is 6.54 Å². The van der Waals surface area contributed by atoms with Crippen LogP contribution in [0, 0.1) is 5.82 Å². The maximum absolute atomic E-state index is 13.1. The summed E-state index contributed by atoms with van der Waals surface area (Å²) in [5.74, 6) is -0.468. The molecule has 6 heteroatoms. The summed E-state index contributed by atoms with van der Waals surface area (Å²) in [7, 11) is 0. The second kappa shape index (κ2) is 5.07. The number of fused-ring (bicyclic) bond motifs is 1. The van der Waals surface area contributed by atoms with Crippen molar-refractivity contribution in [1.82, 2.24) is 9.55 Å². The predicted molar refractivity (Wildman–Crippen MR) is 80.8 cm³/mol. The minimum absolute atomic E-state index is 0.0524. The first-order chi connectivity index (χ1) is 9.56. The van der Waals surface area contributed by atoms with Gasteiger partial charge < -0.3 is 4.98 Å². The van der Waals surface area contributed by atoms with Crippen LogP contribution in [-0.4, -0.2) is 9.55 Å². The molecule has 0 spiro atoms. The minimum Gasteiger partial charge on any atom is -0.305 e. The molecule has 102 valence electrons. The molecule has 3 nitrogen and oxygen atoms in total. The third kappa shape index (κ3) is 2.27. The molecular formula is C14H9BrClFN2O. The summed E-state index contributed by atoms with van der Waals surface area (Å²) in [6, 6.07) is 10.0. The lowest BCUT2D eigenvalue weighted by molar-refractivity contribution is 0.626. The van der Waals surface area contributed by atoms with E-state index in [-0.39, 0.29) is 10.7 Å². The van der Waals surface area contributed by atoms with Crippen molar-refractivity contribution >= 4 is 38.6 Å². The summed E-state index contributed by atoms with van der Waals surface area (Å²) in [5, 5.41) is 0.0524. The van der Waals surface area contributed by atoms with Crippen molar-refractivity contribution in [3.8, 4) is 0 Å². The normalized spacial score (nSPS) is 11.2. The Balaban J connectivity index is 2.11. The number of hydrogen-bond acceptors (Lipinski definition) is 1. The van der Waals surface area contributed by atoms with Crippen LogP contribution in [0.1, 0.15) is 5.56 Å². The first kappa shape index (κ1) is 13.4. The zero-order valence-corrected chi connectivity index (χ0v) is 12.5. The molecule has 2 aromatic carbocycles. The van der Waals surface area contributed by atoms with Crippen molar-refractivity contribution in [2.75, 3.05) is 0 Å². The van der Waals surface area contributed by atoms with Gasteiger partial charge >= 0.3 is 5.69 Å². The lowest BCUT2D eigenvalue weighted by Crippen LogP contribution is -2.17. The number of nitrogens with zero attached hydrogens (tertiary/aromatic N) is 1. The number of nitrogens with one attached hydrogen (secondary N) is 1. The van der Waals surface area contributed by atoms with Crippen LogP contribution in [0.5, 0.6) is 0 Å². The van der Waals surface area contributed by atoms with Gasteiger partial charge in [0.1, 0.15) is 5.82 Å². The molecule has 0 aliphatic carbocycles. The van der Waals surface area contributed by atoms with Gasteiger partial charge in [-0.15, -0.1) is 0 Å². The fraction of sp³-hybridized carbons (Fsp3) is 0.0714. The fourth-order valence-electron chi connectivity index (χ4n) is 2.12. The molecule has 0 atom stereocenters. The second-order valence-corrected chi connectivity index (χ2v) is 5.66. The van der Waals surface area contributed by atoms with Gasteiger partial charge in [-0.2, -0.15) is 0 Å². The van der Waals surface area contributed by atoms with Gasteiger partial charge in [0.15, 0.2) is 0 Å². The second-order valence-electron chi connectivity index (χ2n) is 4.40. The summed E-state index contributed by atoms with van der Waals surface area (Å²) in [6.07, 6.45) is 0. The van der Waals surface area contributed by atoms with Crippen molar-refractivity contribution in [1.29, 1.82) is 0 Å². The number of hydrogen-bond donors (Lipinski definition) is 1. The average molecular weight is 356 g/mol. The monoisotopic (exact) mass is 354 g/mol. The minimum atomic E-state index is -0.468. The number of imidazole rings is 1. The van der Waals surface area contributed by atoms with Crippen molar-refractivity contribution in [2.45, 2.75) is 6.54 Å². The molecule has 0 bridgehead atoms. The van der Waals surface area contributed by atoms with Crippen LogP contribution in [0.15, 0.2) is 45.7 Å². The van der Waals surface area contributed by atoms with Gasteiger partial charge in [0.2, 0.25) is 0 Å². The molecule has 0 saturated carbocycles. The molecule has 3 aromatic rings. The predicted octanol–water partition coefficient (Wildman–Crippen LogP) is 3.93. The Bertz CT molecular complexity index is 856. The first-order valence-corrected chi connectivity index (χ1v) is 7.04. The lowest BCUT2D eigenvalue weighted by Gasteiger charge is -2.05. The summed E-state index contributed by atoms with van der Waals surface area (Å²) in [6.45, 7) is 0.329. The Morgan fingerprint density at radius 3 is 2.85 bits per heavy atom. The molecule has 1 aromatic heterocycles. The van der Waals surface area contributed by atoms with Gasteiger partial charge in [-0.3, -0.25) is 4.57 Å². The van der Waals surface area contributed by atoms with E-state index in [1.807, 2.05) is 18.2 Å². The first-order valence-electron chi connectivity index (χ1n) is 5.87. The number of aromatic nitrogens is 2. The van der Waals surface area contributed by atoms with E-state index in [0.29, 0.717) is 6.54 Å². The highest BCUT2D eigenvalue weighted by atomic mass is 79.9. The lowest BCUT2D eigenvalue weighted by atomic mass is 10.2. The molecule has 0 aliphatic heterocycles. The summed E-state index contributed by atoms with van der Waals surface area (Å²) in [4.78, 5) is 14.8. The Kier molecular flexibility index (Phi) is 3.40. The molecule has 0 radical (unpaired) electrons. The maximum atomic E-state index is 13.1. The van der Waals surface area contributed by atoms with Crippen LogP contribution in [0.2, 0.25) is 5.02 Å². The average Bonchev–Trinajstić information content (AvgIpc) is 2.73. The third-order valence-corrected chi connectivity index (χ3v) is 4.03. The zero-order chi connectivity index (χ0) is 14.3. The number of benzene rings is 2. The van der Waals surface area contributed by atoms with Crippen LogP contribution in [0.4, 0.5) is 4.39 Å². The van der Waals surface area contributed by atoms with Gasteiger partial charge in [-0.25, -0.2) is 9.18 Å². The number of aromatic amines is 1. The van der Waals surface area contributed by atoms with Crippen molar-refractivity contribution in [3.63, 3.8) is 0 Å². The van der Waals surface area contributed by atoms with Gasteiger partial charge in [0.05, 0.1) is 22.6 Å². The van der Waals surface area contributed by atoms with E-state index in [2.05, 4.69) is 20.9 Å². The molecular weight excluding hydrogens is 347 g/mol. The smallest absolute Gasteiger partial charge is 0.305 e. The van der Waals surface area contributed by atoms with E-state index in [9.17, 15) is 9.18 Å². The molecule has 0 saturated heterocycles. The zero-order valence-electron chi connectivity index (χ0n) is 10.2.